The third-order valence-electron chi connectivity index (χ3n) is 4.38. The van der Waals surface area contributed by atoms with Crippen molar-refractivity contribution in [3.05, 3.63) is 53.6 Å². The lowest BCUT2D eigenvalue weighted by Gasteiger charge is -2.25. The van der Waals surface area contributed by atoms with Crippen LogP contribution in [0.15, 0.2) is 42.5 Å². The first-order valence-electron chi connectivity index (χ1n) is 8.45. The molecule has 3 amide bonds. The van der Waals surface area contributed by atoms with Crippen LogP contribution in [0.4, 0.5) is 17.1 Å². The van der Waals surface area contributed by atoms with Crippen molar-refractivity contribution in [3.8, 4) is 0 Å². The molecule has 0 aliphatic carbocycles. The van der Waals surface area contributed by atoms with Gasteiger partial charge in [0.25, 0.3) is 11.7 Å². The van der Waals surface area contributed by atoms with Gasteiger partial charge in [0.2, 0.25) is 11.8 Å². The first-order chi connectivity index (χ1) is 12.8. The topological polar surface area (TPSA) is 95.6 Å². The van der Waals surface area contributed by atoms with E-state index >= 15 is 0 Å². The van der Waals surface area contributed by atoms with Gasteiger partial charge in [-0.05, 0) is 49.7 Å². The summed E-state index contributed by atoms with van der Waals surface area (Å²) in [6.07, 6.45) is 0. The lowest BCUT2D eigenvalue weighted by Crippen LogP contribution is -2.45. The highest BCUT2D eigenvalue weighted by atomic mass is 16.2. The van der Waals surface area contributed by atoms with E-state index in [0.717, 1.165) is 5.56 Å². The predicted molar refractivity (Wildman–Crippen MR) is 102 cm³/mol. The second-order valence-electron chi connectivity index (χ2n) is 6.40. The molecule has 2 aromatic carbocycles. The van der Waals surface area contributed by atoms with Gasteiger partial charge in [0, 0.05) is 18.3 Å². The van der Waals surface area contributed by atoms with Crippen LogP contribution in [0, 0.1) is 6.92 Å². The lowest BCUT2D eigenvalue weighted by atomic mass is 10.1. The van der Waals surface area contributed by atoms with Crippen LogP contribution in [0.25, 0.3) is 0 Å². The molecule has 0 spiro atoms. The van der Waals surface area contributed by atoms with Gasteiger partial charge < -0.3 is 10.6 Å². The Morgan fingerprint density at radius 3 is 2.15 bits per heavy atom. The lowest BCUT2D eigenvalue weighted by molar-refractivity contribution is -0.120. The SMILES string of the molecule is CC(=O)Nc1ccc(NC(=O)C(C)N2C(=O)C(=O)c3cccc(C)c32)cc1. The molecule has 7 heteroatoms. The number of aryl methyl sites for hydroxylation is 1. The third kappa shape index (κ3) is 3.44. The summed E-state index contributed by atoms with van der Waals surface area (Å²) in [5.41, 5.74) is 2.68. The van der Waals surface area contributed by atoms with Crippen molar-refractivity contribution < 1.29 is 19.2 Å². The Kier molecular flexibility index (Phi) is 4.77. The average Bonchev–Trinajstić information content (AvgIpc) is 2.88. The highest BCUT2D eigenvalue weighted by molar-refractivity contribution is 6.53. The predicted octanol–water partition coefficient (Wildman–Crippen LogP) is 2.51. The number of nitrogens with one attached hydrogen (secondary N) is 2. The molecule has 0 saturated carbocycles. The maximum absolute atomic E-state index is 12.6. The van der Waals surface area contributed by atoms with Crippen LogP contribution in [-0.2, 0) is 14.4 Å². The molecule has 3 rings (SSSR count). The molecule has 1 aliphatic heterocycles. The van der Waals surface area contributed by atoms with E-state index in [1.807, 2.05) is 0 Å². The summed E-state index contributed by atoms with van der Waals surface area (Å²) in [6, 6.07) is 10.8. The van der Waals surface area contributed by atoms with E-state index < -0.39 is 23.6 Å². The van der Waals surface area contributed by atoms with Crippen molar-refractivity contribution in [1.82, 2.24) is 0 Å². The maximum atomic E-state index is 12.6. The fourth-order valence-corrected chi connectivity index (χ4v) is 3.06. The second-order valence-corrected chi connectivity index (χ2v) is 6.40. The van der Waals surface area contributed by atoms with E-state index in [2.05, 4.69) is 10.6 Å². The van der Waals surface area contributed by atoms with Crippen LogP contribution < -0.4 is 15.5 Å². The Balaban J connectivity index is 1.79. The zero-order chi connectivity index (χ0) is 19.7. The molecule has 1 heterocycles. The fourth-order valence-electron chi connectivity index (χ4n) is 3.06. The van der Waals surface area contributed by atoms with Crippen LogP contribution >= 0.6 is 0 Å². The molecule has 2 N–H and O–H groups in total. The van der Waals surface area contributed by atoms with E-state index in [1.54, 1.807) is 56.3 Å². The van der Waals surface area contributed by atoms with Crippen molar-refractivity contribution in [2.75, 3.05) is 15.5 Å². The average molecular weight is 365 g/mol. The number of hydrogen-bond acceptors (Lipinski definition) is 4. The van der Waals surface area contributed by atoms with Crippen molar-refractivity contribution in [3.63, 3.8) is 0 Å². The summed E-state index contributed by atoms with van der Waals surface area (Å²) in [5, 5.41) is 5.37. The maximum Gasteiger partial charge on any atom is 0.300 e. The molecule has 7 nitrogen and oxygen atoms in total. The number of Topliss-reactive ketones (excluding diaryl/α,β-unsaturated/α-hetero) is 1. The number of para-hydroxylation sites is 1. The monoisotopic (exact) mass is 365 g/mol. The summed E-state index contributed by atoms with van der Waals surface area (Å²) in [4.78, 5) is 49.6. The molecule has 0 fully saturated rings. The third-order valence-corrected chi connectivity index (χ3v) is 4.38. The molecular formula is C20H19N3O4. The van der Waals surface area contributed by atoms with Crippen LogP contribution in [-0.4, -0.2) is 29.5 Å². The van der Waals surface area contributed by atoms with Crippen LogP contribution in [0.2, 0.25) is 0 Å². The molecule has 0 bridgehead atoms. The Morgan fingerprint density at radius 2 is 1.56 bits per heavy atom. The fraction of sp³-hybridized carbons (Fsp3) is 0.200. The molecule has 1 unspecified atom stereocenters. The van der Waals surface area contributed by atoms with Gasteiger partial charge in [-0.15, -0.1) is 0 Å². The molecule has 0 aromatic heterocycles. The summed E-state index contributed by atoms with van der Waals surface area (Å²) in [6.45, 7) is 4.78. The number of amides is 3. The van der Waals surface area contributed by atoms with E-state index in [9.17, 15) is 19.2 Å². The van der Waals surface area contributed by atoms with Crippen LogP contribution in [0.3, 0.4) is 0 Å². The molecule has 0 radical (unpaired) electrons. The van der Waals surface area contributed by atoms with E-state index in [0.29, 0.717) is 22.6 Å². The van der Waals surface area contributed by atoms with Gasteiger partial charge in [-0.3, -0.25) is 24.1 Å². The second kappa shape index (κ2) is 7.03. The van der Waals surface area contributed by atoms with Crippen molar-refractivity contribution in [1.29, 1.82) is 0 Å². The number of hydrogen-bond donors (Lipinski definition) is 2. The number of ketones is 1. The molecule has 1 atom stereocenters. The van der Waals surface area contributed by atoms with E-state index in [-0.39, 0.29) is 5.91 Å². The van der Waals surface area contributed by atoms with Crippen molar-refractivity contribution >= 4 is 40.6 Å². The minimum absolute atomic E-state index is 0.188. The van der Waals surface area contributed by atoms with Crippen LogP contribution in [0.5, 0.6) is 0 Å². The van der Waals surface area contributed by atoms with Gasteiger partial charge in [0.05, 0.1) is 11.3 Å². The number of carbonyl (C=O) groups is 4. The summed E-state index contributed by atoms with van der Waals surface area (Å²) in [5.74, 6) is -1.91. The summed E-state index contributed by atoms with van der Waals surface area (Å²) >= 11 is 0. The van der Waals surface area contributed by atoms with Gasteiger partial charge in [0.1, 0.15) is 6.04 Å². The molecule has 1 aliphatic rings. The van der Waals surface area contributed by atoms with E-state index in [1.165, 1.54) is 11.8 Å². The van der Waals surface area contributed by atoms with Gasteiger partial charge in [0.15, 0.2) is 0 Å². The number of fused-ring (bicyclic) bond motifs is 1. The number of benzene rings is 2. The Hall–Kier alpha value is -3.48. The van der Waals surface area contributed by atoms with Gasteiger partial charge in [-0.1, -0.05) is 12.1 Å². The molecular weight excluding hydrogens is 346 g/mol. The minimum Gasteiger partial charge on any atom is -0.326 e. The zero-order valence-electron chi connectivity index (χ0n) is 15.2. The smallest absolute Gasteiger partial charge is 0.300 e. The van der Waals surface area contributed by atoms with E-state index in [4.69, 9.17) is 0 Å². The van der Waals surface area contributed by atoms with Gasteiger partial charge in [-0.25, -0.2) is 0 Å². The minimum atomic E-state index is -0.862. The highest BCUT2D eigenvalue weighted by Crippen LogP contribution is 2.34. The van der Waals surface area contributed by atoms with Crippen molar-refractivity contribution in [2.24, 2.45) is 0 Å². The van der Waals surface area contributed by atoms with Crippen molar-refractivity contribution in [2.45, 2.75) is 26.8 Å². The highest BCUT2D eigenvalue weighted by Gasteiger charge is 2.41. The first kappa shape index (κ1) is 18.3. The van der Waals surface area contributed by atoms with Crippen LogP contribution in [0.1, 0.15) is 29.8 Å². The number of rotatable bonds is 4. The van der Waals surface area contributed by atoms with Gasteiger partial charge in [-0.2, -0.15) is 0 Å². The first-order valence-corrected chi connectivity index (χ1v) is 8.45. The number of nitrogens with zero attached hydrogens (tertiary/aromatic N) is 1. The largest absolute Gasteiger partial charge is 0.326 e. The summed E-state index contributed by atoms with van der Waals surface area (Å²) in [7, 11) is 0. The zero-order valence-corrected chi connectivity index (χ0v) is 15.2. The normalized spacial score (nSPS) is 14.0. The standard InChI is InChI=1S/C20H19N3O4/c1-11-5-4-6-16-17(11)23(20(27)18(16)25)12(2)19(26)22-15-9-7-14(8-10-15)21-13(3)24/h4-10,12H,1-3H3,(H,21,24)(H,22,26). The molecule has 2 aromatic rings. The molecule has 27 heavy (non-hydrogen) atoms. The molecule has 0 saturated heterocycles. The Morgan fingerprint density at radius 1 is 0.963 bits per heavy atom. The number of anilines is 3. The van der Waals surface area contributed by atoms with Gasteiger partial charge >= 0.3 is 0 Å². The Labute approximate surface area is 156 Å². The number of carbonyl (C=O) groups excluding carboxylic acids is 4. The molecule has 138 valence electrons. The summed E-state index contributed by atoms with van der Waals surface area (Å²) < 4.78 is 0. The quantitative estimate of drug-likeness (QED) is 0.814. The Bertz CT molecular complexity index is 950.